The Hall–Kier alpha value is -2.44. The van der Waals surface area contributed by atoms with E-state index in [1.807, 2.05) is 19.1 Å². The summed E-state index contributed by atoms with van der Waals surface area (Å²) in [5, 5.41) is 2.95. The van der Waals surface area contributed by atoms with Crippen molar-refractivity contribution in [3.8, 4) is 5.75 Å². The van der Waals surface area contributed by atoms with E-state index in [9.17, 15) is 9.59 Å². The number of urea groups is 1. The van der Waals surface area contributed by atoms with Crippen molar-refractivity contribution in [2.24, 2.45) is 0 Å². The van der Waals surface area contributed by atoms with Gasteiger partial charge in [-0.1, -0.05) is 17.7 Å². The van der Waals surface area contributed by atoms with Crippen LogP contribution in [0.5, 0.6) is 5.75 Å². The number of carbonyl (C=O) groups is 2. The maximum Gasteiger partial charge on any atom is 0.409 e. The largest absolute Gasteiger partial charge is 0.496 e. The lowest BCUT2D eigenvalue weighted by molar-refractivity contribution is 0.125. The summed E-state index contributed by atoms with van der Waals surface area (Å²) in [6.45, 7) is 4.81. The van der Waals surface area contributed by atoms with Crippen molar-refractivity contribution in [1.29, 1.82) is 0 Å². The SMILES string of the molecule is COC(=O)N1CCCN(C(=O)NCCc2cc(C)ccc2OC)CC1. The number of nitrogens with zero attached hydrogens (tertiary/aromatic N) is 2. The van der Waals surface area contributed by atoms with E-state index in [1.165, 1.54) is 7.11 Å². The number of benzene rings is 1. The van der Waals surface area contributed by atoms with Gasteiger partial charge in [0.2, 0.25) is 0 Å². The van der Waals surface area contributed by atoms with Crippen LogP contribution in [0.15, 0.2) is 18.2 Å². The molecule has 0 unspecified atom stereocenters. The smallest absolute Gasteiger partial charge is 0.409 e. The molecule has 1 aromatic rings. The molecule has 25 heavy (non-hydrogen) atoms. The average molecular weight is 349 g/mol. The minimum Gasteiger partial charge on any atom is -0.496 e. The molecule has 1 aliphatic rings. The van der Waals surface area contributed by atoms with E-state index in [-0.39, 0.29) is 12.1 Å². The van der Waals surface area contributed by atoms with E-state index in [0.717, 1.165) is 23.3 Å². The monoisotopic (exact) mass is 349 g/mol. The van der Waals surface area contributed by atoms with E-state index in [2.05, 4.69) is 11.4 Å². The third-order valence-corrected chi connectivity index (χ3v) is 4.32. The van der Waals surface area contributed by atoms with E-state index in [1.54, 1.807) is 16.9 Å². The standard InChI is InChI=1S/C18H27N3O4/c1-14-5-6-16(24-2)15(13-14)7-8-19-17(22)20-9-4-10-21(12-11-20)18(23)25-3/h5-6,13H,4,7-12H2,1-3H3,(H,19,22). The maximum atomic E-state index is 12.4. The quantitative estimate of drug-likeness (QED) is 0.903. The van der Waals surface area contributed by atoms with E-state index in [4.69, 9.17) is 9.47 Å². The number of aryl methyl sites for hydroxylation is 1. The zero-order chi connectivity index (χ0) is 18.2. The molecule has 1 heterocycles. The zero-order valence-electron chi connectivity index (χ0n) is 15.2. The van der Waals surface area contributed by atoms with Gasteiger partial charge in [-0.2, -0.15) is 0 Å². The summed E-state index contributed by atoms with van der Waals surface area (Å²) in [7, 11) is 3.02. The zero-order valence-corrected chi connectivity index (χ0v) is 15.2. The highest BCUT2D eigenvalue weighted by molar-refractivity contribution is 5.74. The molecule has 1 aromatic carbocycles. The molecule has 138 valence electrons. The topological polar surface area (TPSA) is 71.1 Å². The number of rotatable bonds is 4. The number of hydrogen-bond donors (Lipinski definition) is 1. The number of hydrogen-bond acceptors (Lipinski definition) is 4. The van der Waals surface area contributed by atoms with Gasteiger partial charge in [0.15, 0.2) is 0 Å². The highest BCUT2D eigenvalue weighted by atomic mass is 16.5. The van der Waals surface area contributed by atoms with Crippen LogP contribution < -0.4 is 10.1 Å². The van der Waals surface area contributed by atoms with Crippen LogP contribution in [0.3, 0.4) is 0 Å². The van der Waals surface area contributed by atoms with Gasteiger partial charge in [0, 0.05) is 32.7 Å². The molecule has 3 amide bonds. The van der Waals surface area contributed by atoms with Gasteiger partial charge in [0.05, 0.1) is 14.2 Å². The minimum absolute atomic E-state index is 0.0988. The number of methoxy groups -OCH3 is 2. The third kappa shape index (κ3) is 5.27. The third-order valence-electron chi connectivity index (χ3n) is 4.32. The Morgan fingerprint density at radius 3 is 2.56 bits per heavy atom. The van der Waals surface area contributed by atoms with Gasteiger partial charge in [0.25, 0.3) is 0 Å². The Labute approximate surface area is 148 Å². The van der Waals surface area contributed by atoms with Gasteiger partial charge in [-0.05, 0) is 31.4 Å². The molecule has 0 spiro atoms. The fourth-order valence-corrected chi connectivity index (χ4v) is 2.95. The first kappa shape index (κ1) is 18.9. The molecule has 0 atom stereocenters. The Kier molecular flexibility index (Phi) is 6.91. The summed E-state index contributed by atoms with van der Waals surface area (Å²) in [5.41, 5.74) is 2.24. The molecule has 0 radical (unpaired) electrons. The van der Waals surface area contributed by atoms with Crippen LogP contribution in [0, 0.1) is 6.92 Å². The van der Waals surface area contributed by atoms with Crippen LogP contribution in [-0.2, 0) is 11.2 Å². The number of ether oxygens (including phenoxy) is 2. The second-order valence-electron chi connectivity index (χ2n) is 6.09. The molecule has 2 rings (SSSR count). The fraction of sp³-hybridized carbons (Fsp3) is 0.556. The lowest BCUT2D eigenvalue weighted by Gasteiger charge is -2.22. The molecule has 7 heteroatoms. The number of nitrogens with one attached hydrogen (secondary N) is 1. The first-order chi connectivity index (χ1) is 12.0. The molecule has 0 bridgehead atoms. The lowest BCUT2D eigenvalue weighted by Crippen LogP contribution is -2.43. The van der Waals surface area contributed by atoms with Gasteiger partial charge in [-0.15, -0.1) is 0 Å². The second-order valence-corrected chi connectivity index (χ2v) is 6.09. The van der Waals surface area contributed by atoms with Crippen LogP contribution in [0.1, 0.15) is 17.5 Å². The van der Waals surface area contributed by atoms with Gasteiger partial charge in [-0.3, -0.25) is 0 Å². The van der Waals surface area contributed by atoms with Gasteiger partial charge < -0.3 is 24.6 Å². The molecule has 0 aromatic heterocycles. The molecule has 1 N–H and O–H groups in total. The average Bonchev–Trinajstić information content (AvgIpc) is 2.87. The lowest BCUT2D eigenvalue weighted by atomic mass is 10.1. The predicted molar refractivity (Wildman–Crippen MR) is 95.0 cm³/mol. The van der Waals surface area contributed by atoms with Crippen LogP contribution >= 0.6 is 0 Å². The van der Waals surface area contributed by atoms with Crippen molar-refractivity contribution in [3.63, 3.8) is 0 Å². The Morgan fingerprint density at radius 2 is 1.84 bits per heavy atom. The molecular formula is C18H27N3O4. The van der Waals surface area contributed by atoms with Crippen molar-refractivity contribution >= 4 is 12.1 Å². The summed E-state index contributed by atoms with van der Waals surface area (Å²) in [5.74, 6) is 0.836. The maximum absolute atomic E-state index is 12.4. The van der Waals surface area contributed by atoms with Crippen LogP contribution in [-0.4, -0.2) is 68.9 Å². The van der Waals surface area contributed by atoms with Crippen LogP contribution in [0.4, 0.5) is 9.59 Å². The summed E-state index contributed by atoms with van der Waals surface area (Å²) < 4.78 is 10.1. The highest BCUT2D eigenvalue weighted by Gasteiger charge is 2.22. The first-order valence-electron chi connectivity index (χ1n) is 8.54. The summed E-state index contributed by atoms with van der Waals surface area (Å²) in [6, 6.07) is 5.93. The van der Waals surface area contributed by atoms with Crippen LogP contribution in [0.2, 0.25) is 0 Å². The molecule has 1 fully saturated rings. The van der Waals surface area contributed by atoms with Crippen molar-refractivity contribution in [2.45, 2.75) is 19.8 Å². The number of amides is 3. The molecular weight excluding hydrogens is 322 g/mol. The normalized spacial score (nSPS) is 14.7. The van der Waals surface area contributed by atoms with Crippen molar-refractivity contribution in [1.82, 2.24) is 15.1 Å². The molecule has 1 saturated heterocycles. The Morgan fingerprint density at radius 1 is 1.12 bits per heavy atom. The van der Waals surface area contributed by atoms with Crippen molar-refractivity contribution in [2.75, 3.05) is 46.9 Å². The van der Waals surface area contributed by atoms with E-state index in [0.29, 0.717) is 39.1 Å². The summed E-state index contributed by atoms with van der Waals surface area (Å²) in [6.07, 6.45) is 1.11. The molecule has 0 aliphatic carbocycles. The van der Waals surface area contributed by atoms with E-state index >= 15 is 0 Å². The Bertz CT molecular complexity index is 606. The molecule has 1 aliphatic heterocycles. The first-order valence-corrected chi connectivity index (χ1v) is 8.54. The highest BCUT2D eigenvalue weighted by Crippen LogP contribution is 2.19. The predicted octanol–water partition coefficient (Wildman–Crippen LogP) is 2.03. The van der Waals surface area contributed by atoms with Crippen LogP contribution in [0.25, 0.3) is 0 Å². The summed E-state index contributed by atoms with van der Waals surface area (Å²) in [4.78, 5) is 27.3. The van der Waals surface area contributed by atoms with Gasteiger partial charge in [-0.25, -0.2) is 9.59 Å². The van der Waals surface area contributed by atoms with E-state index < -0.39 is 0 Å². The van der Waals surface area contributed by atoms with Gasteiger partial charge >= 0.3 is 12.1 Å². The van der Waals surface area contributed by atoms with Gasteiger partial charge in [0.1, 0.15) is 5.75 Å². The molecule has 7 nitrogen and oxygen atoms in total. The summed E-state index contributed by atoms with van der Waals surface area (Å²) >= 11 is 0. The molecule has 0 saturated carbocycles. The van der Waals surface area contributed by atoms with Crippen molar-refractivity contribution < 1.29 is 19.1 Å². The second kappa shape index (κ2) is 9.15. The fourth-order valence-electron chi connectivity index (χ4n) is 2.95. The number of carbonyl (C=O) groups excluding carboxylic acids is 2. The Balaban J connectivity index is 1.82. The van der Waals surface area contributed by atoms with Crippen molar-refractivity contribution in [3.05, 3.63) is 29.3 Å². The minimum atomic E-state index is -0.339.